The van der Waals surface area contributed by atoms with E-state index in [-0.39, 0.29) is 11.3 Å². The maximum Gasteiger partial charge on any atom is 0.266 e. The summed E-state index contributed by atoms with van der Waals surface area (Å²) in [6.45, 7) is 2.68. The van der Waals surface area contributed by atoms with Crippen molar-refractivity contribution in [3.63, 3.8) is 0 Å². The largest absolute Gasteiger partial charge is 0.508 e. The number of ether oxygens (including phenoxy) is 2. The monoisotopic (exact) mass is 366 g/mol. The molecular weight excluding hydrogens is 344 g/mol. The van der Waals surface area contributed by atoms with Crippen LogP contribution in [0.4, 0.5) is 5.69 Å². The number of carbonyl (C=O) groups excluding carboxylic acids is 1. The van der Waals surface area contributed by atoms with Crippen LogP contribution in [0.3, 0.4) is 0 Å². The Labute approximate surface area is 158 Å². The van der Waals surface area contributed by atoms with Gasteiger partial charge in [0.05, 0.1) is 13.7 Å². The average molecular weight is 366 g/mol. The lowest BCUT2D eigenvalue weighted by Crippen LogP contribution is -2.13. The summed E-state index contributed by atoms with van der Waals surface area (Å²) in [5.74, 6) is 0.717. The number of amides is 1. The molecule has 2 aromatic carbocycles. The highest BCUT2D eigenvalue weighted by molar-refractivity contribution is 6.09. The first kappa shape index (κ1) is 19.9. The quantitative estimate of drug-likeness (QED) is 0.317. The zero-order valence-corrected chi connectivity index (χ0v) is 15.4. The molecule has 27 heavy (non-hydrogen) atoms. The lowest BCUT2D eigenvalue weighted by molar-refractivity contribution is -0.112. The van der Waals surface area contributed by atoms with E-state index < -0.39 is 5.91 Å². The number of nitrogens with one attached hydrogen (secondary N) is 1. The molecule has 140 valence electrons. The SMILES string of the molecule is CCCCOc1ccc(C=C(C#N)C(=O)Nc2ccc(O)cc2)cc1OC. The second-order valence-corrected chi connectivity index (χ2v) is 5.78. The van der Waals surface area contributed by atoms with Gasteiger partial charge in [-0.15, -0.1) is 0 Å². The fraction of sp³-hybridized carbons (Fsp3) is 0.238. The molecule has 2 rings (SSSR count). The van der Waals surface area contributed by atoms with E-state index in [1.165, 1.54) is 25.3 Å². The average Bonchev–Trinajstić information content (AvgIpc) is 2.68. The van der Waals surface area contributed by atoms with E-state index in [9.17, 15) is 15.2 Å². The number of aromatic hydroxyl groups is 1. The fourth-order valence-electron chi connectivity index (χ4n) is 2.28. The first-order valence-electron chi connectivity index (χ1n) is 8.60. The molecule has 2 aromatic rings. The van der Waals surface area contributed by atoms with Crippen molar-refractivity contribution >= 4 is 17.7 Å². The number of hydrogen-bond donors (Lipinski definition) is 2. The summed E-state index contributed by atoms with van der Waals surface area (Å²) < 4.78 is 11.0. The predicted octanol–water partition coefficient (Wildman–Crippen LogP) is 4.13. The number of unbranched alkanes of at least 4 members (excludes halogenated alkanes) is 1. The number of phenolic OH excluding ortho intramolecular Hbond substituents is 1. The lowest BCUT2D eigenvalue weighted by atomic mass is 10.1. The number of nitrogens with zero attached hydrogens (tertiary/aromatic N) is 1. The molecule has 0 spiro atoms. The minimum Gasteiger partial charge on any atom is -0.508 e. The first-order chi connectivity index (χ1) is 13.1. The van der Waals surface area contributed by atoms with E-state index in [1.807, 2.05) is 6.07 Å². The van der Waals surface area contributed by atoms with E-state index in [2.05, 4.69) is 12.2 Å². The smallest absolute Gasteiger partial charge is 0.266 e. The molecule has 0 atom stereocenters. The minimum atomic E-state index is -0.537. The van der Waals surface area contributed by atoms with Gasteiger partial charge in [0.1, 0.15) is 17.4 Å². The fourth-order valence-corrected chi connectivity index (χ4v) is 2.28. The summed E-state index contributed by atoms with van der Waals surface area (Å²) in [5.41, 5.74) is 1.08. The highest BCUT2D eigenvalue weighted by atomic mass is 16.5. The standard InChI is InChI=1S/C21H22N2O4/c1-3-4-11-27-19-10-5-15(13-20(19)26-2)12-16(14-22)21(25)23-17-6-8-18(24)9-7-17/h5-10,12-13,24H,3-4,11H2,1-2H3,(H,23,25). The normalized spacial score (nSPS) is 10.8. The molecule has 0 aliphatic heterocycles. The first-order valence-corrected chi connectivity index (χ1v) is 8.60. The molecule has 6 nitrogen and oxygen atoms in total. The van der Waals surface area contributed by atoms with Crippen molar-refractivity contribution in [1.29, 1.82) is 5.26 Å². The molecule has 0 saturated carbocycles. The Morgan fingerprint density at radius 3 is 2.59 bits per heavy atom. The van der Waals surface area contributed by atoms with Gasteiger partial charge in [0.25, 0.3) is 5.91 Å². The third-order valence-electron chi connectivity index (χ3n) is 3.74. The summed E-state index contributed by atoms with van der Waals surface area (Å²) in [6.07, 6.45) is 3.46. The predicted molar refractivity (Wildman–Crippen MR) is 104 cm³/mol. The van der Waals surface area contributed by atoms with Crippen molar-refractivity contribution in [1.82, 2.24) is 0 Å². The van der Waals surface area contributed by atoms with Gasteiger partial charge in [0.2, 0.25) is 0 Å². The molecule has 0 fully saturated rings. The Balaban J connectivity index is 2.17. The number of rotatable bonds is 8. The van der Waals surface area contributed by atoms with E-state index in [4.69, 9.17) is 9.47 Å². The van der Waals surface area contributed by atoms with Crippen LogP contribution < -0.4 is 14.8 Å². The van der Waals surface area contributed by atoms with Crippen LogP contribution >= 0.6 is 0 Å². The third-order valence-corrected chi connectivity index (χ3v) is 3.74. The zero-order chi connectivity index (χ0) is 19.6. The van der Waals surface area contributed by atoms with E-state index in [0.717, 1.165) is 12.8 Å². The van der Waals surface area contributed by atoms with Crippen LogP contribution in [0.25, 0.3) is 6.08 Å². The van der Waals surface area contributed by atoms with Crippen molar-refractivity contribution < 1.29 is 19.4 Å². The van der Waals surface area contributed by atoms with Crippen molar-refractivity contribution in [3.05, 3.63) is 53.6 Å². The van der Waals surface area contributed by atoms with E-state index in [0.29, 0.717) is 29.4 Å². The lowest BCUT2D eigenvalue weighted by Gasteiger charge is -2.11. The molecule has 0 aromatic heterocycles. The topological polar surface area (TPSA) is 91.6 Å². The molecule has 6 heteroatoms. The molecule has 0 radical (unpaired) electrons. The number of methoxy groups -OCH3 is 1. The minimum absolute atomic E-state index is 0.0511. The number of carbonyl (C=O) groups is 1. The number of anilines is 1. The Hall–Kier alpha value is -3.46. The van der Waals surface area contributed by atoms with Gasteiger partial charge >= 0.3 is 0 Å². The summed E-state index contributed by atoms with van der Waals surface area (Å²) in [5, 5.41) is 21.2. The van der Waals surface area contributed by atoms with Gasteiger partial charge in [-0.2, -0.15) is 5.26 Å². The zero-order valence-electron chi connectivity index (χ0n) is 15.4. The van der Waals surface area contributed by atoms with Gasteiger partial charge < -0.3 is 19.9 Å². The number of benzene rings is 2. The van der Waals surface area contributed by atoms with Crippen LogP contribution in [0.2, 0.25) is 0 Å². The summed E-state index contributed by atoms with van der Waals surface area (Å²) in [7, 11) is 1.54. The van der Waals surface area contributed by atoms with Gasteiger partial charge in [0, 0.05) is 5.69 Å². The van der Waals surface area contributed by atoms with Crippen LogP contribution in [-0.2, 0) is 4.79 Å². The van der Waals surface area contributed by atoms with Gasteiger partial charge in [-0.05, 0) is 54.5 Å². The van der Waals surface area contributed by atoms with E-state index >= 15 is 0 Å². The Bertz CT molecular complexity index is 851. The second-order valence-electron chi connectivity index (χ2n) is 5.78. The molecule has 2 N–H and O–H groups in total. The molecule has 0 unspecified atom stereocenters. The molecule has 0 heterocycles. The summed E-state index contributed by atoms with van der Waals surface area (Å²) in [6, 6.07) is 13.1. The van der Waals surface area contributed by atoms with Gasteiger partial charge in [-0.1, -0.05) is 19.4 Å². The summed E-state index contributed by atoms with van der Waals surface area (Å²) >= 11 is 0. The molecule has 0 aliphatic carbocycles. The number of hydrogen-bond acceptors (Lipinski definition) is 5. The molecule has 0 aliphatic rings. The second kappa shape index (κ2) is 9.88. The maximum atomic E-state index is 12.3. The van der Waals surface area contributed by atoms with Crippen LogP contribution in [0.15, 0.2) is 48.0 Å². The van der Waals surface area contributed by atoms with Crippen molar-refractivity contribution in [2.24, 2.45) is 0 Å². The molecule has 0 saturated heterocycles. The van der Waals surface area contributed by atoms with Crippen LogP contribution in [0, 0.1) is 11.3 Å². The highest BCUT2D eigenvalue weighted by Gasteiger charge is 2.11. The summed E-state index contributed by atoms with van der Waals surface area (Å²) in [4.78, 5) is 12.3. The van der Waals surface area contributed by atoms with E-state index in [1.54, 1.807) is 30.3 Å². The van der Waals surface area contributed by atoms with Crippen molar-refractivity contribution in [3.8, 4) is 23.3 Å². The number of phenols is 1. The van der Waals surface area contributed by atoms with Crippen LogP contribution in [0.1, 0.15) is 25.3 Å². The van der Waals surface area contributed by atoms with Crippen LogP contribution in [0.5, 0.6) is 17.2 Å². The molecule has 1 amide bonds. The Kier molecular flexibility index (Phi) is 7.26. The van der Waals surface area contributed by atoms with Gasteiger partial charge in [-0.25, -0.2) is 0 Å². The molecule has 0 bridgehead atoms. The Morgan fingerprint density at radius 1 is 1.22 bits per heavy atom. The molecular formula is C21H22N2O4. The van der Waals surface area contributed by atoms with Crippen molar-refractivity contribution in [2.45, 2.75) is 19.8 Å². The maximum absolute atomic E-state index is 12.3. The van der Waals surface area contributed by atoms with Gasteiger partial charge in [-0.3, -0.25) is 4.79 Å². The highest BCUT2D eigenvalue weighted by Crippen LogP contribution is 2.29. The third kappa shape index (κ3) is 5.79. The Morgan fingerprint density at radius 2 is 1.96 bits per heavy atom. The number of nitriles is 1. The van der Waals surface area contributed by atoms with Crippen LogP contribution in [-0.4, -0.2) is 24.7 Å². The van der Waals surface area contributed by atoms with Crippen molar-refractivity contribution in [2.75, 3.05) is 19.0 Å². The van der Waals surface area contributed by atoms with Gasteiger partial charge in [0.15, 0.2) is 11.5 Å².